The van der Waals surface area contributed by atoms with Crippen molar-refractivity contribution in [2.24, 2.45) is 0 Å². The molecule has 35 heavy (non-hydrogen) atoms. The maximum atomic E-state index is 13.7. The Morgan fingerprint density at radius 1 is 0.971 bits per heavy atom. The van der Waals surface area contributed by atoms with E-state index in [0.717, 1.165) is 15.4 Å². The van der Waals surface area contributed by atoms with Crippen LogP contribution < -0.4 is 4.90 Å². The summed E-state index contributed by atoms with van der Waals surface area (Å²) in [5.41, 5.74) is 2.65. The minimum absolute atomic E-state index is 0.0215. The van der Waals surface area contributed by atoms with Crippen LogP contribution >= 0.6 is 15.9 Å². The summed E-state index contributed by atoms with van der Waals surface area (Å²) >= 11 is 3.41. The summed E-state index contributed by atoms with van der Waals surface area (Å²) < 4.78 is 6.62. The molecule has 0 fully saturated rings. The molecule has 0 radical (unpaired) electrons. The monoisotopic (exact) mass is 531 g/mol. The van der Waals surface area contributed by atoms with Gasteiger partial charge in [0.15, 0.2) is 11.5 Å². The van der Waals surface area contributed by atoms with E-state index in [0.29, 0.717) is 22.8 Å². The van der Waals surface area contributed by atoms with Gasteiger partial charge in [0.05, 0.1) is 11.6 Å². The van der Waals surface area contributed by atoms with Gasteiger partial charge in [-0.15, -0.1) is 0 Å². The van der Waals surface area contributed by atoms with E-state index < -0.39 is 23.5 Å². The molecule has 7 heteroatoms. The maximum absolute atomic E-state index is 13.7. The molecule has 2 heterocycles. The molecule has 1 atom stereocenters. The first-order valence-corrected chi connectivity index (χ1v) is 11.9. The summed E-state index contributed by atoms with van der Waals surface area (Å²) in [6, 6.07) is 19.7. The first kappa shape index (κ1) is 22.9. The maximum Gasteiger partial charge on any atom is 0.294 e. The number of nitrogens with zero attached hydrogens (tertiary/aromatic N) is 1. The molecule has 1 amide bonds. The van der Waals surface area contributed by atoms with Crippen LogP contribution in [0.3, 0.4) is 0 Å². The van der Waals surface area contributed by atoms with Gasteiger partial charge in [-0.1, -0.05) is 54.0 Å². The summed E-state index contributed by atoms with van der Waals surface area (Å²) in [7, 11) is 0. The highest BCUT2D eigenvalue weighted by Gasteiger charge is 2.45. The number of anilines is 1. The van der Waals surface area contributed by atoms with Crippen molar-refractivity contribution in [2.45, 2.75) is 25.8 Å². The van der Waals surface area contributed by atoms with Gasteiger partial charge in [0, 0.05) is 15.5 Å². The van der Waals surface area contributed by atoms with Crippen molar-refractivity contribution in [1.82, 2.24) is 0 Å². The van der Waals surface area contributed by atoms with Gasteiger partial charge in [0.25, 0.3) is 5.91 Å². The zero-order valence-corrected chi connectivity index (χ0v) is 20.6. The fraction of sp³-hybridized carbons (Fsp3) is 0.143. The number of furan rings is 1. The predicted molar refractivity (Wildman–Crippen MR) is 137 cm³/mol. The summed E-state index contributed by atoms with van der Waals surface area (Å²) in [6.07, 6.45) is 0. The third-order valence-electron chi connectivity index (χ3n) is 6.20. The van der Waals surface area contributed by atoms with Gasteiger partial charge >= 0.3 is 0 Å². The van der Waals surface area contributed by atoms with E-state index in [4.69, 9.17) is 4.42 Å². The van der Waals surface area contributed by atoms with Gasteiger partial charge in [-0.25, -0.2) is 0 Å². The lowest BCUT2D eigenvalue weighted by molar-refractivity contribution is -0.117. The molecule has 1 unspecified atom stereocenters. The fourth-order valence-corrected chi connectivity index (χ4v) is 4.73. The smallest absolute Gasteiger partial charge is 0.294 e. The Morgan fingerprint density at radius 3 is 2.31 bits per heavy atom. The minimum atomic E-state index is -0.902. The number of carbonyl (C=O) groups excluding carboxylic acids is 2. The number of Topliss-reactive ketones (excluding diaryl/α,β-unsaturated/α-hetero) is 1. The second-order valence-electron chi connectivity index (χ2n) is 8.80. The van der Waals surface area contributed by atoms with E-state index in [1.807, 2.05) is 18.2 Å². The number of fused-ring (bicyclic) bond motifs is 1. The first-order chi connectivity index (χ1) is 16.7. The highest BCUT2D eigenvalue weighted by atomic mass is 79.9. The molecular formula is C28H22BrNO5. The molecule has 6 nitrogen and oxygen atoms in total. The number of hydrogen-bond donors (Lipinski definition) is 2. The summed E-state index contributed by atoms with van der Waals surface area (Å²) in [5.74, 6) is -1.50. The number of phenolic OH excluding ortho intramolecular Hbond substituents is 1. The van der Waals surface area contributed by atoms with Crippen LogP contribution in [0.15, 0.2) is 93.0 Å². The van der Waals surface area contributed by atoms with E-state index in [9.17, 15) is 19.8 Å². The number of hydrogen-bond acceptors (Lipinski definition) is 5. The molecule has 176 valence electrons. The summed E-state index contributed by atoms with van der Waals surface area (Å²) in [5, 5.41) is 21.5. The molecule has 0 saturated heterocycles. The van der Waals surface area contributed by atoms with Crippen LogP contribution in [0.4, 0.5) is 5.69 Å². The Morgan fingerprint density at radius 2 is 1.66 bits per heavy atom. The molecule has 1 aliphatic rings. The van der Waals surface area contributed by atoms with E-state index in [-0.39, 0.29) is 17.1 Å². The minimum Gasteiger partial charge on any atom is -0.508 e. The predicted octanol–water partition coefficient (Wildman–Crippen LogP) is 6.81. The summed E-state index contributed by atoms with van der Waals surface area (Å²) in [4.78, 5) is 28.4. The number of aliphatic hydroxyl groups is 1. The van der Waals surface area contributed by atoms with E-state index in [1.54, 1.807) is 42.5 Å². The van der Waals surface area contributed by atoms with Crippen LogP contribution in [0.1, 0.15) is 47.5 Å². The van der Waals surface area contributed by atoms with Crippen molar-refractivity contribution in [3.05, 3.63) is 105 Å². The lowest BCUT2D eigenvalue weighted by Gasteiger charge is -2.27. The van der Waals surface area contributed by atoms with Gasteiger partial charge < -0.3 is 14.6 Å². The number of halogens is 1. The van der Waals surface area contributed by atoms with Gasteiger partial charge in [0.1, 0.15) is 11.3 Å². The average Bonchev–Trinajstić information content (AvgIpc) is 3.38. The molecule has 0 bridgehead atoms. The third kappa shape index (κ3) is 4.02. The lowest BCUT2D eigenvalue weighted by Crippen LogP contribution is -2.31. The van der Waals surface area contributed by atoms with E-state index in [2.05, 4.69) is 29.8 Å². The fourth-order valence-electron chi connectivity index (χ4n) is 4.35. The average molecular weight is 532 g/mol. The van der Waals surface area contributed by atoms with E-state index >= 15 is 0 Å². The molecule has 0 saturated carbocycles. The number of aliphatic hydroxyl groups excluding tert-OH is 1. The third-order valence-corrected chi connectivity index (χ3v) is 6.69. The largest absolute Gasteiger partial charge is 0.508 e. The Bertz CT molecular complexity index is 1480. The molecule has 3 aromatic carbocycles. The molecule has 5 rings (SSSR count). The molecule has 4 aromatic rings. The Kier molecular flexibility index (Phi) is 5.73. The SMILES string of the molecule is CC(C)c1ccc(N2C(=O)C(O)=C(C(=O)c3cc4cc(Br)ccc4o3)C2c2ccc(O)cc2)cc1. The zero-order chi connectivity index (χ0) is 24.9. The van der Waals surface area contributed by atoms with E-state index in [1.165, 1.54) is 17.0 Å². The molecular weight excluding hydrogens is 510 g/mol. The molecule has 1 aromatic heterocycles. The van der Waals surface area contributed by atoms with Crippen molar-refractivity contribution >= 4 is 44.3 Å². The molecule has 1 aliphatic heterocycles. The highest BCUT2D eigenvalue weighted by molar-refractivity contribution is 9.10. The summed E-state index contributed by atoms with van der Waals surface area (Å²) in [6.45, 7) is 4.15. The zero-order valence-electron chi connectivity index (χ0n) is 19.0. The Labute approximate surface area is 210 Å². The molecule has 2 N–H and O–H groups in total. The van der Waals surface area contributed by atoms with Crippen molar-refractivity contribution in [3.63, 3.8) is 0 Å². The van der Waals surface area contributed by atoms with Gasteiger partial charge in [-0.2, -0.15) is 0 Å². The van der Waals surface area contributed by atoms with Crippen LogP contribution in [0.25, 0.3) is 11.0 Å². The van der Waals surface area contributed by atoms with Crippen molar-refractivity contribution in [2.75, 3.05) is 4.90 Å². The van der Waals surface area contributed by atoms with Crippen LogP contribution in [-0.4, -0.2) is 21.9 Å². The second kappa shape index (κ2) is 8.74. The number of phenols is 1. The topological polar surface area (TPSA) is 91.0 Å². The number of ketones is 1. The molecule has 0 spiro atoms. The van der Waals surface area contributed by atoms with Crippen molar-refractivity contribution < 1.29 is 24.2 Å². The van der Waals surface area contributed by atoms with Crippen LogP contribution in [-0.2, 0) is 4.79 Å². The van der Waals surface area contributed by atoms with Crippen LogP contribution in [0, 0.1) is 0 Å². The lowest BCUT2D eigenvalue weighted by atomic mass is 9.94. The van der Waals surface area contributed by atoms with Crippen molar-refractivity contribution in [3.8, 4) is 5.75 Å². The Balaban J connectivity index is 1.63. The van der Waals surface area contributed by atoms with Gasteiger partial charge in [-0.3, -0.25) is 14.5 Å². The highest BCUT2D eigenvalue weighted by Crippen LogP contribution is 2.43. The van der Waals surface area contributed by atoms with Gasteiger partial charge in [-0.05, 0) is 65.6 Å². The quantitative estimate of drug-likeness (QED) is 0.276. The normalized spacial score (nSPS) is 16.1. The Hall–Kier alpha value is -3.84. The number of rotatable bonds is 5. The van der Waals surface area contributed by atoms with Crippen LogP contribution in [0.2, 0.25) is 0 Å². The second-order valence-corrected chi connectivity index (χ2v) is 9.72. The molecule has 0 aliphatic carbocycles. The number of benzene rings is 3. The number of amides is 1. The van der Waals surface area contributed by atoms with Crippen LogP contribution in [0.5, 0.6) is 5.75 Å². The van der Waals surface area contributed by atoms with Gasteiger partial charge in [0.2, 0.25) is 5.78 Å². The number of carbonyl (C=O) groups is 2. The number of aromatic hydroxyl groups is 1. The van der Waals surface area contributed by atoms with Crippen molar-refractivity contribution in [1.29, 1.82) is 0 Å². The standard InChI is InChI=1S/C28H22BrNO5/c1-15(2)16-3-8-20(9-4-16)30-25(17-5-10-21(31)11-6-17)24(27(33)28(30)34)26(32)23-14-18-13-19(29)7-12-22(18)35-23/h3-15,25,31,33H,1-2H3. The first-order valence-electron chi connectivity index (χ1n) is 11.1.